The van der Waals surface area contributed by atoms with Crippen LogP contribution in [0, 0.1) is 5.92 Å². The molecule has 1 saturated carbocycles. The lowest BCUT2D eigenvalue weighted by Gasteiger charge is -2.12. The number of ether oxygens (including phenoxy) is 1. The van der Waals surface area contributed by atoms with Crippen LogP contribution in [0.4, 0.5) is 11.4 Å². The molecule has 0 spiro atoms. The number of anilines is 2. The van der Waals surface area contributed by atoms with Crippen LogP contribution in [0.25, 0.3) is 0 Å². The number of nitrogens with two attached hydrogens (primary N) is 2. The summed E-state index contributed by atoms with van der Waals surface area (Å²) >= 11 is 0. The van der Waals surface area contributed by atoms with Gasteiger partial charge < -0.3 is 16.2 Å². The third kappa shape index (κ3) is 1.62. The maximum absolute atomic E-state index is 5.93. The van der Waals surface area contributed by atoms with E-state index in [1.165, 1.54) is 12.8 Å². The van der Waals surface area contributed by atoms with Crippen LogP contribution in [0.5, 0.6) is 5.75 Å². The van der Waals surface area contributed by atoms with Gasteiger partial charge in [-0.1, -0.05) is 0 Å². The van der Waals surface area contributed by atoms with E-state index in [0.717, 1.165) is 23.7 Å². The second kappa shape index (κ2) is 3.40. The van der Waals surface area contributed by atoms with Gasteiger partial charge in [-0.05, 0) is 37.3 Å². The molecule has 1 aliphatic rings. The van der Waals surface area contributed by atoms with E-state index < -0.39 is 0 Å². The van der Waals surface area contributed by atoms with Gasteiger partial charge in [-0.15, -0.1) is 0 Å². The number of hydrogen-bond acceptors (Lipinski definition) is 3. The highest BCUT2D eigenvalue weighted by atomic mass is 16.5. The van der Waals surface area contributed by atoms with Crippen molar-refractivity contribution < 1.29 is 4.74 Å². The van der Waals surface area contributed by atoms with E-state index in [0.29, 0.717) is 11.4 Å². The molecule has 3 heteroatoms. The number of benzene rings is 1. The average molecular weight is 192 g/mol. The van der Waals surface area contributed by atoms with Crippen molar-refractivity contribution in [2.45, 2.75) is 19.3 Å². The lowest BCUT2D eigenvalue weighted by Crippen LogP contribution is -2.03. The highest BCUT2D eigenvalue weighted by Crippen LogP contribution is 2.39. The lowest BCUT2D eigenvalue weighted by atomic mass is 10.0. The summed E-state index contributed by atoms with van der Waals surface area (Å²) in [5, 5.41) is 0. The molecule has 0 saturated heterocycles. The first-order valence-electron chi connectivity index (χ1n) is 4.93. The molecule has 0 aromatic heterocycles. The Balaban J connectivity index is 2.35. The molecule has 3 nitrogen and oxygen atoms in total. The smallest absolute Gasteiger partial charge is 0.124 e. The Labute approximate surface area is 84.0 Å². The molecule has 1 aromatic carbocycles. The third-order valence-corrected chi connectivity index (χ3v) is 2.76. The molecule has 14 heavy (non-hydrogen) atoms. The Morgan fingerprint density at radius 3 is 2.64 bits per heavy atom. The molecule has 0 unspecified atom stereocenters. The highest BCUT2D eigenvalue weighted by Gasteiger charge is 2.24. The monoisotopic (exact) mass is 192 g/mol. The van der Waals surface area contributed by atoms with E-state index in [4.69, 9.17) is 16.2 Å². The summed E-state index contributed by atoms with van der Waals surface area (Å²) in [5.41, 5.74) is 14.1. The van der Waals surface area contributed by atoms with Crippen molar-refractivity contribution in [3.8, 4) is 5.75 Å². The fraction of sp³-hybridized carbons (Fsp3) is 0.455. The molecule has 0 bridgehead atoms. The predicted molar refractivity (Wildman–Crippen MR) is 58.2 cm³/mol. The van der Waals surface area contributed by atoms with Crippen LogP contribution in [-0.4, -0.2) is 7.11 Å². The Bertz CT molecular complexity index is 345. The second-order valence-corrected chi connectivity index (χ2v) is 3.90. The Morgan fingerprint density at radius 2 is 2.07 bits per heavy atom. The molecule has 1 aromatic rings. The molecule has 0 atom stereocenters. The minimum Gasteiger partial charge on any atom is -0.496 e. The largest absolute Gasteiger partial charge is 0.496 e. The van der Waals surface area contributed by atoms with E-state index in [1.807, 2.05) is 6.07 Å². The van der Waals surface area contributed by atoms with Crippen LogP contribution in [0.3, 0.4) is 0 Å². The van der Waals surface area contributed by atoms with Gasteiger partial charge in [0.15, 0.2) is 0 Å². The van der Waals surface area contributed by atoms with Crippen LogP contribution in [0.2, 0.25) is 0 Å². The summed E-state index contributed by atoms with van der Waals surface area (Å²) in [5.74, 6) is 1.65. The van der Waals surface area contributed by atoms with Gasteiger partial charge in [0.1, 0.15) is 5.75 Å². The van der Waals surface area contributed by atoms with Gasteiger partial charge in [0, 0.05) is 5.56 Å². The summed E-state index contributed by atoms with van der Waals surface area (Å²) in [4.78, 5) is 0. The second-order valence-electron chi connectivity index (χ2n) is 3.90. The molecule has 4 N–H and O–H groups in total. The van der Waals surface area contributed by atoms with Crippen LogP contribution in [0.15, 0.2) is 12.1 Å². The van der Waals surface area contributed by atoms with E-state index in [2.05, 4.69) is 0 Å². The fourth-order valence-electron chi connectivity index (χ4n) is 1.68. The summed E-state index contributed by atoms with van der Waals surface area (Å²) in [7, 11) is 1.67. The first-order chi connectivity index (χ1) is 6.72. The molecule has 1 fully saturated rings. The lowest BCUT2D eigenvalue weighted by molar-refractivity contribution is 0.409. The molecule has 0 amide bonds. The summed E-state index contributed by atoms with van der Waals surface area (Å²) in [6.45, 7) is 0. The van der Waals surface area contributed by atoms with Crippen molar-refractivity contribution >= 4 is 11.4 Å². The van der Waals surface area contributed by atoms with E-state index in [9.17, 15) is 0 Å². The zero-order chi connectivity index (χ0) is 10.1. The molecule has 0 radical (unpaired) electrons. The molecule has 1 aliphatic carbocycles. The van der Waals surface area contributed by atoms with Crippen molar-refractivity contribution in [3.63, 3.8) is 0 Å². The van der Waals surface area contributed by atoms with Gasteiger partial charge >= 0.3 is 0 Å². The van der Waals surface area contributed by atoms with Crippen molar-refractivity contribution in [3.05, 3.63) is 17.7 Å². The number of hydrogen-bond donors (Lipinski definition) is 2. The Morgan fingerprint density at radius 1 is 1.36 bits per heavy atom. The van der Waals surface area contributed by atoms with Gasteiger partial charge in [0.05, 0.1) is 18.5 Å². The van der Waals surface area contributed by atoms with Gasteiger partial charge in [0.25, 0.3) is 0 Å². The van der Waals surface area contributed by atoms with Crippen molar-refractivity contribution in [2.75, 3.05) is 18.6 Å². The zero-order valence-corrected chi connectivity index (χ0v) is 8.42. The summed E-state index contributed by atoms with van der Waals surface area (Å²) in [6.07, 6.45) is 3.61. The number of nitrogen functional groups attached to an aromatic ring is 2. The van der Waals surface area contributed by atoms with Gasteiger partial charge in [-0.25, -0.2) is 0 Å². The average Bonchev–Trinajstić information content (AvgIpc) is 2.97. The summed E-state index contributed by atoms with van der Waals surface area (Å²) < 4.78 is 5.27. The zero-order valence-electron chi connectivity index (χ0n) is 8.42. The Hall–Kier alpha value is -1.38. The van der Waals surface area contributed by atoms with Crippen LogP contribution in [-0.2, 0) is 6.42 Å². The molecular formula is C11H16N2O. The highest BCUT2D eigenvalue weighted by molar-refractivity contribution is 5.71. The topological polar surface area (TPSA) is 61.3 Å². The standard InChI is InChI=1S/C11H16N2O/c1-14-10-5-4-9(12)11(13)8(10)6-7-2-3-7/h4-5,7H,2-3,6,12-13H2,1H3. The first-order valence-corrected chi connectivity index (χ1v) is 4.93. The summed E-state index contributed by atoms with van der Waals surface area (Å²) in [6, 6.07) is 3.69. The maximum Gasteiger partial charge on any atom is 0.124 e. The Kier molecular flexibility index (Phi) is 2.23. The number of methoxy groups -OCH3 is 1. The van der Waals surface area contributed by atoms with Gasteiger partial charge in [-0.3, -0.25) is 0 Å². The maximum atomic E-state index is 5.93. The number of rotatable bonds is 3. The molecule has 76 valence electrons. The first kappa shape index (κ1) is 9.19. The molecular weight excluding hydrogens is 176 g/mol. The SMILES string of the molecule is COc1ccc(N)c(N)c1CC1CC1. The van der Waals surface area contributed by atoms with Gasteiger partial charge in [0.2, 0.25) is 0 Å². The van der Waals surface area contributed by atoms with Crippen LogP contribution >= 0.6 is 0 Å². The van der Waals surface area contributed by atoms with E-state index in [-0.39, 0.29) is 0 Å². The van der Waals surface area contributed by atoms with Crippen LogP contribution in [0.1, 0.15) is 18.4 Å². The normalized spacial score (nSPS) is 15.5. The molecule has 0 heterocycles. The molecule has 2 rings (SSSR count). The van der Waals surface area contributed by atoms with E-state index >= 15 is 0 Å². The fourth-order valence-corrected chi connectivity index (χ4v) is 1.68. The van der Waals surface area contributed by atoms with E-state index in [1.54, 1.807) is 13.2 Å². The predicted octanol–water partition coefficient (Wildman–Crippen LogP) is 1.81. The van der Waals surface area contributed by atoms with Crippen molar-refractivity contribution in [2.24, 2.45) is 5.92 Å². The van der Waals surface area contributed by atoms with Crippen molar-refractivity contribution in [1.82, 2.24) is 0 Å². The van der Waals surface area contributed by atoms with Crippen LogP contribution < -0.4 is 16.2 Å². The van der Waals surface area contributed by atoms with Crippen molar-refractivity contribution in [1.29, 1.82) is 0 Å². The molecule has 0 aliphatic heterocycles. The van der Waals surface area contributed by atoms with Gasteiger partial charge in [-0.2, -0.15) is 0 Å². The quantitative estimate of drug-likeness (QED) is 0.718. The third-order valence-electron chi connectivity index (χ3n) is 2.76. The minimum absolute atomic E-state index is 0.654. The minimum atomic E-state index is 0.654.